The average molecular weight is 313 g/mol. The number of nitrogens with zero attached hydrogens (tertiary/aromatic N) is 1. The molecule has 0 amide bonds. The van der Waals surface area contributed by atoms with Crippen LogP contribution in [0, 0.1) is 0 Å². The quantitative estimate of drug-likeness (QED) is 0.647. The van der Waals surface area contributed by atoms with E-state index in [1.807, 2.05) is 20.8 Å². The van der Waals surface area contributed by atoms with E-state index in [4.69, 9.17) is 5.73 Å². The molecule has 122 valence electrons. The lowest BCUT2D eigenvalue weighted by atomic mass is 9.76. The molecule has 3 nitrogen and oxygen atoms in total. The van der Waals surface area contributed by atoms with Crippen LogP contribution in [0.2, 0.25) is 0 Å². The van der Waals surface area contributed by atoms with Gasteiger partial charge in [0.05, 0.1) is 11.6 Å². The Labute approximate surface area is 128 Å². The number of hydrogen-bond acceptors (Lipinski definition) is 1. The van der Waals surface area contributed by atoms with Crippen LogP contribution in [0.5, 0.6) is 0 Å². The Bertz CT molecular complexity index is 552. The summed E-state index contributed by atoms with van der Waals surface area (Å²) >= 11 is 0. The van der Waals surface area contributed by atoms with Crippen molar-refractivity contribution in [3.05, 3.63) is 35.4 Å². The fourth-order valence-corrected chi connectivity index (χ4v) is 2.55. The van der Waals surface area contributed by atoms with Gasteiger partial charge in [-0.2, -0.15) is 13.2 Å². The number of benzene rings is 1. The van der Waals surface area contributed by atoms with Crippen LogP contribution in [-0.4, -0.2) is 17.5 Å². The van der Waals surface area contributed by atoms with Crippen LogP contribution >= 0.6 is 0 Å². The number of nitrogens with two attached hydrogens (primary N) is 1. The fourth-order valence-electron chi connectivity index (χ4n) is 2.55. The molecule has 1 aromatic rings. The van der Waals surface area contributed by atoms with Crippen molar-refractivity contribution in [3.63, 3.8) is 0 Å². The van der Waals surface area contributed by atoms with Crippen LogP contribution < -0.4 is 11.1 Å². The van der Waals surface area contributed by atoms with E-state index in [0.717, 1.165) is 24.5 Å². The van der Waals surface area contributed by atoms with Crippen molar-refractivity contribution < 1.29 is 13.2 Å². The molecular weight excluding hydrogens is 291 g/mol. The van der Waals surface area contributed by atoms with Gasteiger partial charge in [0.15, 0.2) is 5.96 Å². The Morgan fingerprint density at radius 2 is 1.86 bits per heavy atom. The monoisotopic (exact) mass is 313 g/mol. The molecule has 0 radical (unpaired) electrons. The molecule has 22 heavy (non-hydrogen) atoms. The van der Waals surface area contributed by atoms with Crippen LogP contribution in [0.3, 0.4) is 0 Å². The van der Waals surface area contributed by atoms with E-state index in [0.29, 0.717) is 5.96 Å². The summed E-state index contributed by atoms with van der Waals surface area (Å²) in [4.78, 5) is 4.38. The summed E-state index contributed by atoms with van der Waals surface area (Å²) in [5.74, 6) is 0.512. The van der Waals surface area contributed by atoms with Crippen LogP contribution in [0.25, 0.3) is 0 Å². The van der Waals surface area contributed by atoms with E-state index in [-0.39, 0.29) is 17.5 Å². The highest BCUT2D eigenvalue weighted by Gasteiger charge is 2.34. The minimum Gasteiger partial charge on any atom is -0.370 e. The summed E-state index contributed by atoms with van der Waals surface area (Å²) in [6, 6.07) is 5.63. The molecule has 0 spiro atoms. The average Bonchev–Trinajstić information content (AvgIpc) is 2.30. The third-order valence-corrected chi connectivity index (χ3v) is 3.62. The first-order chi connectivity index (χ1) is 10.0. The first-order valence-electron chi connectivity index (χ1n) is 7.33. The van der Waals surface area contributed by atoms with E-state index in [1.54, 1.807) is 6.07 Å². The highest BCUT2D eigenvalue weighted by molar-refractivity contribution is 5.78. The topological polar surface area (TPSA) is 50.4 Å². The smallest absolute Gasteiger partial charge is 0.370 e. The molecule has 0 unspecified atom stereocenters. The molecule has 1 fully saturated rings. The number of rotatable bonds is 2. The third-order valence-electron chi connectivity index (χ3n) is 3.62. The summed E-state index contributed by atoms with van der Waals surface area (Å²) in [6.45, 7) is 5.96. The Morgan fingerprint density at radius 3 is 2.41 bits per heavy atom. The van der Waals surface area contributed by atoms with Crippen LogP contribution in [-0.2, 0) is 6.18 Å². The summed E-state index contributed by atoms with van der Waals surface area (Å²) < 4.78 is 38.1. The molecular formula is C16H22F3N3. The Balaban J connectivity index is 1.96. The minimum atomic E-state index is -4.29. The molecule has 0 atom stereocenters. The number of hydrogen-bond donors (Lipinski definition) is 2. The first kappa shape index (κ1) is 16.6. The summed E-state index contributed by atoms with van der Waals surface area (Å²) in [7, 11) is 0. The summed E-state index contributed by atoms with van der Waals surface area (Å²) in [5.41, 5.74) is 5.80. The van der Waals surface area contributed by atoms with E-state index in [1.165, 1.54) is 12.1 Å². The zero-order valence-electron chi connectivity index (χ0n) is 13.0. The molecule has 1 saturated carbocycles. The molecule has 3 N–H and O–H groups in total. The maximum absolute atomic E-state index is 12.7. The van der Waals surface area contributed by atoms with Gasteiger partial charge in [-0.05, 0) is 51.2 Å². The summed E-state index contributed by atoms with van der Waals surface area (Å²) in [6.07, 6.45) is -2.83. The van der Waals surface area contributed by atoms with Gasteiger partial charge in [-0.15, -0.1) is 0 Å². The van der Waals surface area contributed by atoms with E-state index in [9.17, 15) is 13.2 Å². The second kappa shape index (κ2) is 5.82. The van der Waals surface area contributed by atoms with E-state index in [2.05, 4.69) is 10.3 Å². The SMILES string of the molecule is CC(C)(C)NC(N)=NC1CC(c2cccc(C(F)(F)F)c2)C1. The van der Waals surface area contributed by atoms with Crippen LogP contribution in [0.1, 0.15) is 50.7 Å². The first-order valence-corrected chi connectivity index (χ1v) is 7.33. The Hall–Kier alpha value is -1.72. The highest BCUT2D eigenvalue weighted by Crippen LogP contribution is 2.40. The van der Waals surface area contributed by atoms with Gasteiger partial charge in [-0.1, -0.05) is 18.2 Å². The zero-order valence-corrected chi connectivity index (χ0v) is 13.0. The van der Waals surface area contributed by atoms with Crippen molar-refractivity contribution in [2.75, 3.05) is 0 Å². The van der Waals surface area contributed by atoms with Crippen molar-refractivity contribution >= 4 is 5.96 Å². The predicted molar refractivity (Wildman–Crippen MR) is 81.7 cm³/mol. The molecule has 1 aliphatic carbocycles. The number of alkyl halides is 3. The largest absolute Gasteiger partial charge is 0.416 e. The fraction of sp³-hybridized carbons (Fsp3) is 0.562. The van der Waals surface area contributed by atoms with Crippen molar-refractivity contribution in [2.24, 2.45) is 10.7 Å². The van der Waals surface area contributed by atoms with Crippen molar-refractivity contribution in [1.29, 1.82) is 0 Å². The molecule has 1 aromatic carbocycles. The van der Waals surface area contributed by atoms with Crippen molar-refractivity contribution in [3.8, 4) is 0 Å². The van der Waals surface area contributed by atoms with Crippen molar-refractivity contribution in [2.45, 2.75) is 57.3 Å². The lowest BCUT2D eigenvalue weighted by Gasteiger charge is -2.34. The zero-order chi connectivity index (χ0) is 16.5. The normalized spacial score (nSPS) is 23.1. The standard InChI is InChI=1S/C16H22F3N3/c1-15(2,3)22-14(20)21-13-8-11(9-13)10-5-4-6-12(7-10)16(17,18)19/h4-7,11,13H,8-9H2,1-3H3,(H3,20,21,22). The minimum absolute atomic E-state index is 0.0781. The molecule has 0 aromatic heterocycles. The molecule has 1 aliphatic rings. The number of halogens is 3. The van der Waals surface area contributed by atoms with Gasteiger partial charge < -0.3 is 11.1 Å². The second-order valence-corrected chi connectivity index (χ2v) is 6.83. The maximum atomic E-state index is 12.7. The van der Waals surface area contributed by atoms with Crippen LogP contribution in [0.4, 0.5) is 13.2 Å². The Kier molecular flexibility index (Phi) is 4.40. The van der Waals surface area contributed by atoms with E-state index >= 15 is 0 Å². The molecule has 0 aliphatic heterocycles. The Morgan fingerprint density at radius 1 is 1.23 bits per heavy atom. The van der Waals surface area contributed by atoms with Gasteiger partial charge in [0.2, 0.25) is 0 Å². The molecule has 0 heterocycles. The van der Waals surface area contributed by atoms with Gasteiger partial charge in [-0.3, -0.25) is 4.99 Å². The van der Waals surface area contributed by atoms with Gasteiger partial charge in [0, 0.05) is 5.54 Å². The van der Waals surface area contributed by atoms with Crippen molar-refractivity contribution in [1.82, 2.24) is 5.32 Å². The van der Waals surface area contributed by atoms with Crippen LogP contribution in [0.15, 0.2) is 29.3 Å². The lowest BCUT2D eigenvalue weighted by molar-refractivity contribution is -0.137. The van der Waals surface area contributed by atoms with Gasteiger partial charge in [0.25, 0.3) is 0 Å². The van der Waals surface area contributed by atoms with Gasteiger partial charge >= 0.3 is 6.18 Å². The summed E-state index contributed by atoms with van der Waals surface area (Å²) in [5, 5.41) is 3.08. The number of guanidine groups is 1. The van der Waals surface area contributed by atoms with E-state index < -0.39 is 11.7 Å². The number of aliphatic imine (C=N–C) groups is 1. The molecule has 0 saturated heterocycles. The highest BCUT2D eigenvalue weighted by atomic mass is 19.4. The second-order valence-electron chi connectivity index (χ2n) is 6.83. The van der Waals surface area contributed by atoms with Gasteiger partial charge in [0.1, 0.15) is 0 Å². The molecule has 0 bridgehead atoms. The van der Waals surface area contributed by atoms with Gasteiger partial charge in [-0.25, -0.2) is 0 Å². The molecule has 2 rings (SSSR count). The maximum Gasteiger partial charge on any atom is 0.416 e. The third kappa shape index (κ3) is 4.39. The lowest BCUT2D eigenvalue weighted by Crippen LogP contribution is -2.46. The number of nitrogens with one attached hydrogen (secondary N) is 1. The molecule has 6 heteroatoms. The predicted octanol–water partition coefficient (Wildman–Crippen LogP) is 3.65.